The maximum absolute atomic E-state index is 12.3. The molecule has 0 radical (unpaired) electrons. The first kappa shape index (κ1) is 30.0. The number of carbonyl (C=O) groups excluding carboxylic acids is 3. The SMILES string of the molecule is COc1ccc(/C=C/C(=O)CC(=O)/C=C/c2ccc(OC(COC(N)=O)C(C)(C)C)c(OC)c2)cc1OC. The highest BCUT2D eigenvalue weighted by atomic mass is 16.6. The Labute approximate surface area is 223 Å². The van der Waals surface area contributed by atoms with Crippen molar-refractivity contribution < 1.29 is 38.1 Å². The van der Waals surface area contributed by atoms with E-state index in [-0.39, 0.29) is 30.0 Å². The number of hydrogen-bond acceptors (Lipinski definition) is 8. The van der Waals surface area contributed by atoms with Crippen molar-refractivity contribution in [1.29, 1.82) is 0 Å². The summed E-state index contributed by atoms with van der Waals surface area (Å²) in [5, 5.41) is 0. The van der Waals surface area contributed by atoms with Crippen molar-refractivity contribution in [2.24, 2.45) is 11.1 Å². The number of amides is 1. The third-order valence-electron chi connectivity index (χ3n) is 5.48. The topological polar surface area (TPSA) is 123 Å². The van der Waals surface area contributed by atoms with Crippen molar-refractivity contribution >= 4 is 29.8 Å². The van der Waals surface area contributed by atoms with E-state index in [2.05, 4.69) is 0 Å². The zero-order valence-electron chi connectivity index (χ0n) is 22.6. The summed E-state index contributed by atoms with van der Waals surface area (Å²) in [6.45, 7) is 5.82. The lowest BCUT2D eigenvalue weighted by Crippen LogP contribution is -2.38. The number of ketones is 2. The molecule has 2 aromatic carbocycles. The molecule has 2 aromatic rings. The van der Waals surface area contributed by atoms with E-state index in [1.54, 1.807) is 55.7 Å². The number of carbonyl (C=O) groups is 3. The molecule has 9 nitrogen and oxygen atoms in total. The summed E-state index contributed by atoms with van der Waals surface area (Å²) in [5.74, 6) is 1.32. The first-order chi connectivity index (χ1) is 18.0. The molecular formula is C29H35NO8. The highest BCUT2D eigenvalue weighted by Gasteiger charge is 2.29. The molecule has 9 heteroatoms. The van der Waals surface area contributed by atoms with Gasteiger partial charge in [-0.25, -0.2) is 4.79 Å². The second kappa shape index (κ2) is 13.9. The molecular weight excluding hydrogens is 490 g/mol. The van der Waals surface area contributed by atoms with Crippen LogP contribution in [-0.2, 0) is 14.3 Å². The number of primary amides is 1. The lowest BCUT2D eigenvalue weighted by Gasteiger charge is -2.31. The Morgan fingerprint density at radius 1 is 0.789 bits per heavy atom. The highest BCUT2D eigenvalue weighted by molar-refractivity contribution is 6.10. The zero-order chi connectivity index (χ0) is 28.3. The van der Waals surface area contributed by atoms with Crippen LogP contribution in [-0.4, -0.2) is 51.7 Å². The number of nitrogens with two attached hydrogens (primary N) is 1. The van der Waals surface area contributed by atoms with Crippen LogP contribution < -0.4 is 24.7 Å². The number of rotatable bonds is 13. The normalized spacial score (nSPS) is 12.3. The van der Waals surface area contributed by atoms with Crippen LogP contribution >= 0.6 is 0 Å². The third-order valence-corrected chi connectivity index (χ3v) is 5.48. The fourth-order valence-electron chi connectivity index (χ4n) is 3.28. The number of ether oxygens (including phenoxy) is 5. The molecule has 0 spiro atoms. The van der Waals surface area contributed by atoms with E-state index >= 15 is 0 Å². The van der Waals surface area contributed by atoms with Gasteiger partial charge in [-0.15, -0.1) is 0 Å². The molecule has 0 aliphatic heterocycles. The minimum Gasteiger partial charge on any atom is -0.493 e. The van der Waals surface area contributed by atoms with Crippen molar-refractivity contribution in [3.8, 4) is 23.0 Å². The van der Waals surface area contributed by atoms with E-state index in [0.717, 1.165) is 5.56 Å². The molecule has 38 heavy (non-hydrogen) atoms. The number of allylic oxidation sites excluding steroid dienone is 2. The van der Waals surface area contributed by atoms with Crippen LogP contribution in [0.1, 0.15) is 38.3 Å². The minimum atomic E-state index is -0.880. The summed E-state index contributed by atoms with van der Waals surface area (Å²) >= 11 is 0. The maximum atomic E-state index is 12.3. The van der Waals surface area contributed by atoms with Gasteiger partial charge in [-0.05, 0) is 47.5 Å². The van der Waals surface area contributed by atoms with Gasteiger partial charge in [0.1, 0.15) is 12.7 Å². The number of methoxy groups -OCH3 is 3. The maximum Gasteiger partial charge on any atom is 0.404 e. The van der Waals surface area contributed by atoms with Gasteiger partial charge in [-0.2, -0.15) is 0 Å². The van der Waals surface area contributed by atoms with Crippen LogP contribution in [0.3, 0.4) is 0 Å². The Balaban J connectivity index is 2.04. The molecule has 204 valence electrons. The predicted molar refractivity (Wildman–Crippen MR) is 145 cm³/mol. The summed E-state index contributed by atoms with van der Waals surface area (Å²) in [5.41, 5.74) is 6.16. The minimum absolute atomic E-state index is 0.0212. The predicted octanol–water partition coefficient (Wildman–Crippen LogP) is 4.86. The number of benzene rings is 2. The summed E-state index contributed by atoms with van der Waals surface area (Å²) in [6, 6.07) is 10.4. The van der Waals surface area contributed by atoms with Crippen molar-refractivity contribution in [3.63, 3.8) is 0 Å². The van der Waals surface area contributed by atoms with E-state index in [0.29, 0.717) is 28.6 Å². The largest absolute Gasteiger partial charge is 0.493 e. The van der Waals surface area contributed by atoms with E-state index in [1.807, 2.05) is 20.8 Å². The standard InChI is InChI=1S/C29H35NO8/c1-29(2,3)27(18-37-28(30)33)38-24-14-10-20(16-26(24)36-6)8-12-22(32)17-21(31)11-7-19-9-13-23(34-4)25(15-19)35-5/h7-16,27H,17-18H2,1-6H3,(H2,30,33)/b11-7+,12-8+. The summed E-state index contributed by atoms with van der Waals surface area (Å²) < 4.78 is 26.9. The van der Waals surface area contributed by atoms with Gasteiger partial charge in [0.2, 0.25) is 0 Å². The Morgan fingerprint density at radius 2 is 1.26 bits per heavy atom. The first-order valence-electron chi connectivity index (χ1n) is 11.9. The van der Waals surface area contributed by atoms with Gasteiger partial charge in [-0.1, -0.05) is 45.1 Å². The molecule has 0 heterocycles. The lowest BCUT2D eigenvalue weighted by atomic mass is 9.89. The van der Waals surface area contributed by atoms with Crippen LogP contribution in [0.2, 0.25) is 0 Å². The molecule has 0 saturated heterocycles. The molecule has 1 atom stereocenters. The van der Waals surface area contributed by atoms with Crippen LogP contribution in [0.4, 0.5) is 4.79 Å². The van der Waals surface area contributed by atoms with Crippen LogP contribution in [0.5, 0.6) is 23.0 Å². The van der Waals surface area contributed by atoms with E-state index in [4.69, 9.17) is 29.4 Å². The molecule has 2 rings (SSSR count). The Morgan fingerprint density at radius 3 is 1.71 bits per heavy atom. The highest BCUT2D eigenvalue weighted by Crippen LogP contribution is 2.33. The first-order valence-corrected chi connectivity index (χ1v) is 11.9. The molecule has 0 bridgehead atoms. The van der Waals surface area contributed by atoms with Gasteiger partial charge in [0.25, 0.3) is 0 Å². The van der Waals surface area contributed by atoms with Crippen LogP contribution in [0.25, 0.3) is 12.2 Å². The second-order valence-electron chi connectivity index (χ2n) is 9.40. The molecule has 0 aliphatic carbocycles. The molecule has 2 N–H and O–H groups in total. The average Bonchev–Trinajstić information content (AvgIpc) is 2.87. The Hall–Kier alpha value is -4.27. The Kier molecular flexibility index (Phi) is 10.9. The third kappa shape index (κ3) is 9.31. The van der Waals surface area contributed by atoms with Gasteiger partial charge >= 0.3 is 6.09 Å². The van der Waals surface area contributed by atoms with Crippen molar-refractivity contribution in [1.82, 2.24) is 0 Å². The fraction of sp³-hybridized carbons (Fsp3) is 0.345. The Bertz CT molecular complexity index is 1190. The fourth-order valence-corrected chi connectivity index (χ4v) is 3.28. The van der Waals surface area contributed by atoms with Gasteiger partial charge in [0.05, 0.1) is 27.8 Å². The lowest BCUT2D eigenvalue weighted by molar-refractivity contribution is -0.121. The monoisotopic (exact) mass is 525 g/mol. The van der Waals surface area contributed by atoms with Gasteiger partial charge in [0.15, 0.2) is 34.6 Å². The molecule has 1 amide bonds. The molecule has 0 saturated carbocycles. The summed E-state index contributed by atoms with van der Waals surface area (Å²) in [4.78, 5) is 35.6. The van der Waals surface area contributed by atoms with E-state index < -0.39 is 12.2 Å². The number of hydrogen-bond donors (Lipinski definition) is 1. The van der Waals surface area contributed by atoms with Crippen molar-refractivity contribution in [2.75, 3.05) is 27.9 Å². The average molecular weight is 526 g/mol. The van der Waals surface area contributed by atoms with Crippen molar-refractivity contribution in [3.05, 3.63) is 59.7 Å². The molecule has 0 aliphatic rings. The quantitative estimate of drug-likeness (QED) is 0.291. The molecule has 0 fully saturated rings. The van der Waals surface area contributed by atoms with Gasteiger partial charge in [0, 0.05) is 5.41 Å². The van der Waals surface area contributed by atoms with E-state index in [9.17, 15) is 14.4 Å². The zero-order valence-corrected chi connectivity index (χ0v) is 22.6. The van der Waals surface area contributed by atoms with E-state index in [1.165, 1.54) is 26.4 Å². The second-order valence-corrected chi connectivity index (χ2v) is 9.40. The summed E-state index contributed by atoms with van der Waals surface area (Å²) in [7, 11) is 4.57. The van der Waals surface area contributed by atoms with Crippen LogP contribution in [0.15, 0.2) is 48.6 Å². The molecule has 1 unspecified atom stereocenters. The van der Waals surface area contributed by atoms with Gasteiger partial charge < -0.3 is 29.4 Å². The smallest absolute Gasteiger partial charge is 0.404 e. The van der Waals surface area contributed by atoms with Gasteiger partial charge in [-0.3, -0.25) is 9.59 Å². The van der Waals surface area contributed by atoms with Crippen molar-refractivity contribution in [2.45, 2.75) is 33.3 Å². The molecule has 0 aromatic heterocycles. The van der Waals surface area contributed by atoms with Crippen LogP contribution in [0, 0.1) is 5.41 Å². The summed E-state index contributed by atoms with van der Waals surface area (Å²) in [6.07, 6.45) is 4.28.